The van der Waals surface area contributed by atoms with E-state index in [-0.39, 0.29) is 5.63 Å². The predicted molar refractivity (Wildman–Crippen MR) is 67.9 cm³/mol. The quantitative estimate of drug-likeness (QED) is 0.664. The van der Waals surface area contributed by atoms with Crippen LogP contribution >= 0.6 is 0 Å². The monoisotopic (exact) mass is 249 g/mol. The van der Waals surface area contributed by atoms with Crippen LogP contribution in [0.4, 0.5) is 0 Å². The van der Waals surface area contributed by atoms with Crippen LogP contribution in [0, 0.1) is 0 Å². The summed E-state index contributed by atoms with van der Waals surface area (Å²) in [5.74, 6) is 0. The topological polar surface area (TPSA) is 49.9 Å². The average molecular weight is 249 g/mol. The SMILES string of the molecule is C[Si](C)(C)Cc1c(=O)o[nH][n+]1-c1ccccc1. The van der Waals surface area contributed by atoms with Crippen LogP contribution in [-0.4, -0.2) is 13.3 Å². The molecule has 0 aliphatic heterocycles. The first kappa shape index (κ1) is 11.9. The van der Waals surface area contributed by atoms with E-state index in [4.69, 9.17) is 4.52 Å². The molecule has 1 N–H and O–H groups in total. The molecule has 2 aromatic rings. The molecule has 17 heavy (non-hydrogen) atoms. The van der Waals surface area contributed by atoms with E-state index in [0.29, 0.717) is 5.69 Å². The Balaban J connectivity index is 2.47. The highest BCUT2D eigenvalue weighted by molar-refractivity contribution is 6.75. The van der Waals surface area contributed by atoms with Crippen LogP contribution in [0.15, 0.2) is 39.6 Å². The zero-order chi connectivity index (χ0) is 12.5. The van der Waals surface area contributed by atoms with Crippen LogP contribution in [0.3, 0.4) is 0 Å². The van der Waals surface area contributed by atoms with Crippen molar-refractivity contribution in [1.29, 1.82) is 0 Å². The number of aromatic nitrogens is 2. The third-order valence-corrected chi connectivity index (χ3v) is 3.84. The lowest BCUT2D eigenvalue weighted by molar-refractivity contribution is -0.676. The zero-order valence-corrected chi connectivity index (χ0v) is 11.4. The number of hydrogen-bond acceptors (Lipinski definition) is 2. The Morgan fingerprint density at radius 3 is 2.47 bits per heavy atom. The molecule has 4 nitrogen and oxygen atoms in total. The maximum atomic E-state index is 11.7. The van der Waals surface area contributed by atoms with Gasteiger partial charge >= 0.3 is 5.63 Å². The van der Waals surface area contributed by atoms with Crippen molar-refractivity contribution in [3.05, 3.63) is 46.4 Å². The van der Waals surface area contributed by atoms with Crippen molar-refractivity contribution in [2.24, 2.45) is 0 Å². The normalized spacial score (nSPS) is 11.7. The van der Waals surface area contributed by atoms with Gasteiger partial charge in [-0.15, -0.1) is 0 Å². The van der Waals surface area contributed by atoms with Gasteiger partial charge in [-0.3, -0.25) is 4.52 Å². The second-order valence-electron chi connectivity index (χ2n) is 5.34. The lowest BCUT2D eigenvalue weighted by Gasteiger charge is -2.10. The Morgan fingerprint density at radius 2 is 1.88 bits per heavy atom. The average Bonchev–Trinajstić information content (AvgIpc) is 2.60. The second kappa shape index (κ2) is 4.33. The van der Waals surface area contributed by atoms with Crippen LogP contribution in [0.2, 0.25) is 19.6 Å². The van der Waals surface area contributed by atoms with Crippen LogP contribution in [-0.2, 0) is 6.04 Å². The molecular formula is C12H17N2O2Si+. The summed E-state index contributed by atoms with van der Waals surface area (Å²) in [7, 11) is -1.36. The molecule has 1 aromatic carbocycles. The number of H-pyrrole nitrogens is 1. The summed E-state index contributed by atoms with van der Waals surface area (Å²) in [6.45, 7) is 6.69. The Labute approximate surface area is 101 Å². The van der Waals surface area contributed by atoms with Gasteiger partial charge in [0, 0.05) is 18.2 Å². The smallest absolute Gasteiger partial charge is 0.283 e. The summed E-state index contributed by atoms with van der Waals surface area (Å²) in [5, 5.41) is 2.66. The van der Waals surface area contributed by atoms with E-state index in [1.165, 1.54) is 0 Å². The summed E-state index contributed by atoms with van der Waals surface area (Å²) in [6.07, 6.45) is 0. The van der Waals surface area contributed by atoms with Crippen LogP contribution in [0.5, 0.6) is 0 Å². The van der Waals surface area contributed by atoms with Crippen molar-refractivity contribution in [3.8, 4) is 5.69 Å². The zero-order valence-electron chi connectivity index (χ0n) is 10.4. The maximum Gasteiger partial charge on any atom is 0.430 e. The molecule has 0 saturated carbocycles. The van der Waals surface area contributed by atoms with Crippen molar-refractivity contribution in [1.82, 2.24) is 5.27 Å². The third-order valence-electron chi connectivity index (χ3n) is 2.45. The van der Waals surface area contributed by atoms with Gasteiger partial charge in [-0.05, 0) is 9.95 Å². The Hall–Kier alpha value is -1.62. The Morgan fingerprint density at radius 1 is 1.24 bits per heavy atom. The highest BCUT2D eigenvalue weighted by Crippen LogP contribution is 2.07. The van der Waals surface area contributed by atoms with Gasteiger partial charge in [0.25, 0.3) is 5.69 Å². The first-order valence-electron chi connectivity index (χ1n) is 5.65. The lowest BCUT2D eigenvalue weighted by Crippen LogP contribution is -2.42. The molecule has 2 rings (SSSR count). The Kier molecular flexibility index (Phi) is 3.02. The molecule has 0 unspecified atom stereocenters. The number of aromatic amines is 1. The highest BCUT2D eigenvalue weighted by Gasteiger charge is 2.28. The van der Waals surface area contributed by atoms with Gasteiger partial charge in [0.1, 0.15) is 0 Å². The van der Waals surface area contributed by atoms with E-state index >= 15 is 0 Å². The molecule has 0 bridgehead atoms. The molecule has 0 radical (unpaired) electrons. The Bertz CT molecular complexity index is 552. The molecule has 0 amide bonds. The number of rotatable bonds is 3. The van der Waals surface area contributed by atoms with Gasteiger partial charge in [-0.1, -0.05) is 37.8 Å². The van der Waals surface area contributed by atoms with Gasteiger partial charge in [0.15, 0.2) is 0 Å². The fourth-order valence-electron chi connectivity index (χ4n) is 1.73. The largest absolute Gasteiger partial charge is 0.430 e. The molecule has 0 atom stereocenters. The van der Waals surface area contributed by atoms with Crippen molar-refractivity contribution in [3.63, 3.8) is 0 Å². The maximum absolute atomic E-state index is 11.7. The minimum Gasteiger partial charge on any atom is -0.283 e. The second-order valence-corrected chi connectivity index (χ2v) is 10.8. The van der Waals surface area contributed by atoms with Gasteiger partial charge in [-0.25, -0.2) is 4.79 Å². The fourth-order valence-corrected chi connectivity index (χ4v) is 3.04. The van der Waals surface area contributed by atoms with Crippen molar-refractivity contribution in [2.45, 2.75) is 25.7 Å². The summed E-state index contributed by atoms with van der Waals surface area (Å²) in [6, 6.07) is 10.5. The van der Waals surface area contributed by atoms with Gasteiger partial charge < -0.3 is 0 Å². The minimum absolute atomic E-state index is 0.267. The fraction of sp³-hybridized carbons (Fsp3) is 0.333. The van der Waals surface area contributed by atoms with Crippen LogP contribution in [0.25, 0.3) is 5.69 Å². The standard InChI is InChI=1S/C12H16N2O2Si/c1-17(2,3)9-11-12(15)16-13-14(11)10-7-5-4-6-8-10/h4-8H,9H2,1-3H3/p+1. The summed E-state index contributed by atoms with van der Waals surface area (Å²) in [4.78, 5) is 11.7. The van der Waals surface area contributed by atoms with E-state index in [1.807, 2.05) is 30.3 Å². The molecule has 90 valence electrons. The number of hydrogen-bond donors (Lipinski definition) is 1. The summed E-state index contributed by atoms with van der Waals surface area (Å²) in [5.41, 5.74) is 1.36. The van der Waals surface area contributed by atoms with Gasteiger partial charge in [0.05, 0.1) is 8.07 Å². The summed E-state index contributed by atoms with van der Waals surface area (Å²) < 4.78 is 6.64. The van der Waals surface area contributed by atoms with E-state index in [2.05, 4.69) is 24.9 Å². The van der Waals surface area contributed by atoms with E-state index in [0.717, 1.165) is 11.7 Å². The van der Waals surface area contributed by atoms with Crippen LogP contribution in [0.1, 0.15) is 5.69 Å². The van der Waals surface area contributed by atoms with E-state index in [1.54, 1.807) is 4.68 Å². The number of para-hydroxylation sites is 1. The number of nitrogens with one attached hydrogen (secondary N) is 1. The third kappa shape index (κ3) is 2.74. The first-order valence-corrected chi connectivity index (χ1v) is 9.36. The summed E-state index contributed by atoms with van der Waals surface area (Å²) >= 11 is 0. The van der Waals surface area contributed by atoms with Crippen molar-refractivity contribution >= 4 is 8.07 Å². The van der Waals surface area contributed by atoms with Gasteiger partial charge in [0.2, 0.25) is 5.69 Å². The number of benzene rings is 1. The molecule has 5 heteroatoms. The predicted octanol–water partition coefficient (Wildman–Crippen LogP) is 1.66. The highest BCUT2D eigenvalue weighted by atomic mass is 28.3. The molecule has 0 aliphatic rings. The van der Waals surface area contributed by atoms with Crippen molar-refractivity contribution < 1.29 is 9.20 Å². The molecule has 0 aliphatic carbocycles. The molecule has 0 fully saturated rings. The van der Waals surface area contributed by atoms with E-state index < -0.39 is 8.07 Å². The molecule has 0 saturated heterocycles. The molecule has 1 aromatic heterocycles. The first-order chi connectivity index (χ1) is 7.97. The molecule has 1 heterocycles. The van der Waals surface area contributed by atoms with Gasteiger partial charge in [-0.2, -0.15) is 0 Å². The van der Waals surface area contributed by atoms with E-state index in [9.17, 15) is 4.79 Å². The number of nitrogens with zero attached hydrogens (tertiary/aromatic N) is 1. The molecule has 0 spiro atoms. The minimum atomic E-state index is -1.36. The molecular weight excluding hydrogens is 232 g/mol. The van der Waals surface area contributed by atoms with Crippen molar-refractivity contribution in [2.75, 3.05) is 0 Å². The van der Waals surface area contributed by atoms with Crippen LogP contribution < -0.4 is 10.3 Å². The lowest BCUT2D eigenvalue weighted by atomic mass is 10.3.